The molecular formula is C46H28O. The Bertz CT molecular complexity index is 2790. The lowest BCUT2D eigenvalue weighted by Gasteiger charge is -2.19. The number of hydrogen-bond acceptors (Lipinski definition) is 1. The average molecular weight is 597 g/mol. The Morgan fingerprint density at radius 3 is 1.43 bits per heavy atom. The summed E-state index contributed by atoms with van der Waals surface area (Å²) in [5, 5.41) is 13.6. The van der Waals surface area contributed by atoms with Crippen molar-refractivity contribution in [1.29, 1.82) is 0 Å². The lowest BCUT2D eigenvalue weighted by Crippen LogP contribution is -1.91. The van der Waals surface area contributed by atoms with Crippen molar-refractivity contribution in [3.05, 3.63) is 170 Å². The molecule has 0 bridgehead atoms. The first-order valence-electron chi connectivity index (χ1n) is 16.2. The van der Waals surface area contributed by atoms with Crippen LogP contribution in [0.3, 0.4) is 0 Å². The van der Waals surface area contributed by atoms with Crippen molar-refractivity contribution in [3.63, 3.8) is 0 Å². The van der Waals surface area contributed by atoms with Crippen LogP contribution in [0.4, 0.5) is 0 Å². The fourth-order valence-electron chi connectivity index (χ4n) is 7.73. The van der Waals surface area contributed by atoms with E-state index in [9.17, 15) is 0 Å². The summed E-state index contributed by atoms with van der Waals surface area (Å²) in [6, 6.07) is 61.5. The Morgan fingerprint density at radius 2 is 0.766 bits per heavy atom. The zero-order valence-corrected chi connectivity index (χ0v) is 25.6. The third kappa shape index (κ3) is 3.97. The minimum Gasteiger partial charge on any atom is -0.456 e. The summed E-state index contributed by atoms with van der Waals surface area (Å²) in [4.78, 5) is 0. The van der Waals surface area contributed by atoms with Gasteiger partial charge in [0, 0.05) is 10.9 Å². The molecule has 1 heteroatoms. The number of hydrogen-bond donors (Lipinski definition) is 0. The number of furan rings is 1. The molecule has 0 saturated heterocycles. The maximum Gasteiger partial charge on any atom is 0.135 e. The van der Waals surface area contributed by atoms with Gasteiger partial charge in [-0.05, 0) is 94.3 Å². The summed E-state index contributed by atoms with van der Waals surface area (Å²) in [6.07, 6.45) is 0. The Balaban J connectivity index is 1.24. The summed E-state index contributed by atoms with van der Waals surface area (Å²) in [5.74, 6) is 0.878. The van der Waals surface area contributed by atoms with Crippen molar-refractivity contribution in [3.8, 4) is 33.6 Å². The molecule has 0 N–H and O–H groups in total. The quantitative estimate of drug-likeness (QED) is 0.146. The Hall–Kier alpha value is -6.18. The first-order valence-corrected chi connectivity index (χ1v) is 16.2. The molecule has 1 nitrogen and oxygen atoms in total. The molecule has 47 heavy (non-hydrogen) atoms. The second kappa shape index (κ2) is 10.2. The molecular weight excluding hydrogens is 569 g/mol. The van der Waals surface area contributed by atoms with Gasteiger partial charge in [0.15, 0.2) is 0 Å². The van der Waals surface area contributed by atoms with Crippen molar-refractivity contribution in [1.82, 2.24) is 0 Å². The molecule has 0 unspecified atom stereocenters. The van der Waals surface area contributed by atoms with Crippen LogP contribution in [0.25, 0.3) is 98.4 Å². The molecule has 9 aromatic carbocycles. The average Bonchev–Trinajstić information content (AvgIpc) is 3.58. The Kier molecular flexibility index (Phi) is 5.64. The molecule has 0 saturated carbocycles. The minimum absolute atomic E-state index is 0.878. The van der Waals surface area contributed by atoms with Crippen LogP contribution in [-0.2, 0) is 0 Å². The lowest BCUT2D eigenvalue weighted by molar-refractivity contribution is 0.632. The summed E-state index contributed by atoms with van der Waals surface area (Å²) >= 11 is 0. The number of benzene rings is 9. The molecule has 0 aliphatic rings. The molecule has 0 fully saturated rings. The van der Waals surface area contributed by atoms with E-state index < -0.39 is 0 Å². The van der Waals surface area contributed by atoms with Crippen LogP contribution in [0.5, 0.6) is 0 Å². The SMILES string of the molecule is c1ccc2c(-c3c4ccccc4c(-c4cccc5oc(-c6ccc7ccc8ccccc8c7c6)cc45)c4ccccc34)cccc2c1. The van der Waals surface area contributed by atoms with E-state index in [2.05, 4.69) is 170 Å². The van der Waals surface area contributed by atoms with E-state index >= 15 is 0 Å². The van der Waals surface area contributed by atoms with E-state index in [4.69, 9.17) is 4.42 Å². The van der Waals surface area contributed by atoms with Crippen LogP contribution < -0.4 is 0 Å². The fraction of sp³-hybridized carbons (Fsp3) is 0. The fourth-order valence-corrected chi connectivity index (χ4v) is 7.73. The normalized spacial score (nSPS) is 11.8. The largest absolute Gasteiger partial charge is 0.456 e. The predicted molar refractivity (Wildman–Crippen MR) is 200 cm³/mol. The molecule has 0 amide bonds. The van der Waals surface area contributed by atoms with Gasteiger partial charge >= 0.3 is 0 Å². The molecule has 1 aromatic heterocycles. The van der Waals surface area contributed by atoms with Crippen molar-refractivity contribution in [2.45, 2.75) is 0 Å². The van der Waals surface area contributed by atoms with Gasteiger partial charge in [0.25, 0.3) is 0 Å². The highest BCUT2D eigenvalue weighted by molar-refractivity contribution is 6.25. The third-order valence-corrected chi connectivity index (χ3v) is 9.85. The van der Waals surface area contributed by atoms with Crippen molar-refractivity contribution in [2.24, 2.45) is 0 Å². The lowest BCUT2D eigenvalue weighted by atomic mass is 9.84. The molecule has 0 aliphatic heterocycles. The molecule has 1 heterocycles. The second-order valence-corrected chi connectivity index (χ2v) is 12.4. The van der Waals surface area contributed by atoms with Gasteiger partial charge in [0.1, 0.15) is 11.3 Å². The first-order chi connectivity index (χ1) is 23.3. The van der Waals surface area contributed by atoms with Gasteiger partial charge in [-0.1, -0.05) is 152 Å². The predicted octanol–water partition coefficient (Wildman–Crippen LogP) is 13.2. The second-order valence-electron chi connectivity index (χ2n) is 12.4. The van der Waals surface area contributed by atoms with Crippen LogP contribution in [0, 0.1) is 0 Å². The van der Waals surface area contributed by atoms with E-state index in [1.807, 2.05) is 0 Å². The van der Waals surface area contributed by atoms with Gasteiger partial charge in [-0.3, -0.25) is 0 Å². The van der Waals surface area contributed by atoms with E-state index in [1.54, 1.807) is 0 Å². The summed E-state index contributed by atoms with van der Waals surface area (Å²) < 4.78 is 6.64. The molecule has 0 spiro atoms. The molecule has 10 rings (SSSR count). The highest BCUT2D eigenvalue weighted by Gasteiger charge is 2.20. The monoisotopic (exact) mass is 596 g/mol. The van der Waals surface area contributed by atoms with E-state index in [0.29, 0.717) is 0 Å². The topological polar surface area (TPSA) is 13.1 Å². The summed E-state index contributed by atoms with van der Waals surface area (Å²) in [5.41, 5.74) is 6.93. The molecule has 10 aromatic rings. The van der Waals surface area contributed by atoms with Gasteiger partial charge in [0.2, 0.25) is 0 Å². The maximum absolute atomic E-state index is 6.64. The van der Waals surface area contributed by atoms with Gasteiger partial charge in [-0.2, -0.15) is 0 Å². The van der Waals surface area contributed by atoms with E-state index in [0.717, 1.165) is 22.3 Å². The number of rotatable bonds is 3. The van der Waals surface area contributed by atoms with Crippen LogP contribution in [0.15, 0.2) is 174 Å². The highest BCUT2D eigenvalue weighted by atomic mass is 16.3. The molecule has 0 aliphatic carbocycles. The van der Waals surface area contributed by atoms with Gasteiger partial charge in [-0.25, -0.2) is 0 Å². The van der Waals surface area contributed by atoms with E-state index in [-0.39, 0.29) is 0 Å². The first kappa shape index (κ1) is 26.1. The van der Waals surface area contributed by atoms with Gasteiger partial charge in [-0.15, -0.1) is 0 Å². The van der Waals surface area contributed by atoms with Crippen LogP contribution >= 0.6 is 0 Å². The van der Waals surface area contributed by atoms with Crippen LogP contribution in [-0.4, -0.2) is 0 Å². The van der Waals surface area contributed by atoms with E-state index in [1.165, 1.54) is 76.1 Å². The minimum atomic E-state index is 0.878. The Labute approximate surface area is 271 Å². The molecule has 218 valence electrons. The van der Waals surface area contributed by atoms with Crippen molar-refractivity contribution >= 4 is 64.8 Å². The maximum atomic E-state index is 6.64. The zero-order chi connectivity index (χ0) is 30.9. The molecule has 0 atom stereocenters. The van der Waals surface area contributed by atoms with Crippen LogP contribution in [0.2, 0.25) is 0 Å². The van der Waals surface area contributed by atoms with Crippen molar-refractivity contribution < 1.29 is 4.42 Å². The van der Waals surface area contributed by atoms with Gasteiger partial charge in [0.05, 0.1) is 0 Å². The van der Waals surface area contributed by atoms with Crippen molar-refractivity contribution in [2.75, 3.05) is 0 Å². The number of fused-ring (bicyclic) bond motifs is 7. The Morgan fingerprint density at radius 1 is 0.298 bits per heavy atom. The highest BCUT2D eigenvalue weighted by Crippen LogP contribution is 2.47. The third-order valence-electron chi connectivity index (χ3n) is 9.85. The smallest absolute Gasteiger partial charge is 0.135 e. The zero-order valence-electron chi connectivity index (χ0n) is 25.6. The molecule has 0 radical (unpaired) electrons. The van der Waals surface area contributed by atoms with Gasteiger partial charge < -0.3 is 4.42 Å². The van der Waals surface area contributed by atoms with Crippen LogP contribution in [0.1, 0.15) is 0 Å². The summed E-state index contributed by atoms with van der Waals surface area (Å²) in [7, 11) is 0. The summed E-state index contributed by atoms with van der Waals surface area (Å²) in [6.45, 7) is 0. The standard InChI is InChI=1S/C46H28O/c1-3-14-33-29(11-1)13-9-20-35(33)45-36-16-5-7-18-38(36)46(39-19-8-6-17-37(39)45)40-21-10-22-43-42(40)28-44(47-43)32-26-25-31-24-23-30-12-2-4-15-34(30)41(31)27-32/h1-28H.